The lowest BCUT2D eigenvalue weighted by molar-refractivity contribution is 1.49. The van der Waals surface area contributed by atoms with Gasteiger partial charge in [-0.25, -0.2) is 0 Å². The molecule has 0 rings (SSSR count). The van der Waals surface area contributed by atoms with Gasteiger partial charge in [0, 0.05) is 7.05 Å². The maximum Gasteiger partial charge on any atom is 0.0269 e. The molecule has 0 aliphatic heterocycles. The van der Waals surface area contributed by atoms with Crippen molar-refractivity contribution in [3.05, 3.63) is 38.0 Å². The van der Waals surface area contributed by atoms with E-state index in [1.54, 1.807) is 25.3 Å². The van der Waals surface area contributed by atoms with Crippen LogP contribution in [0.2, 0.25) is 0 Å². The summed E-state index contributed by atoms with van der Waals surface area (Å²) in [7, 11) is 1.64. The molecule has 0 aliphatic rings. The summed E-state index contributed by atoms with van der Waals surface area (Å²) in [6.07, 6.45) is 5.03. The van der Waals surface area contributed by atoms with Crippen molar-refractivity contribution in [1.29, 1.82) is 0 Å². The van der Waals surface area contributed by atoms with Gasteiger partial charge < -0.3 is 4.99 Å². The lowest BCUT2D eigenvalue weighted by Crippen LogP contribution is -1.26. The van der Waals surface area contributed by atoms with Crippen LogP contribution in [0.15, 0.2) is 43.0 Å². The first-order valence-electron chi connectivity index (χ1n) is 3.90. The second-order valence-electron chi connectivity index (χ2n) is 1.20. The zero-order valence-corrected chi connectivity index (χ0v) is 9.01. The van der Waals surface area contributed by atoms with Crippen molar-refractivity contribution >= 4 is 6.72 Å². The van der Waals surface area contributed by atoms with E-state index in [-0.39, 0.29) is 0 Å². The molecule has 0 bridgehead atoms. The Kier molecular flexibility index (Phi) is 175. The largest absolute Gasteiger partial charge is 0.304 e. The van der Waals surface area contributed by atoms with E-state index in [4.69, 9.17) is 0 Å². The van der Waals surface area contributed by atoms with E-state index in [2.05, 4.69) is 31.4 Å². The predicted octanol–water partition coefficient (Wildman–Crippen LogP) is 3.89. The quantitative estimate of drug-likeness (QED) is 0.321. The highest BCUT2D eigenvalue weighted by atomic mass is 14.6. The molecule has 1 heteroatoms. The summed E-state index contributed by atoms with van der Waals surface area (Å²) >= 11 is 0. The second kappa shape index (κ2) is 93.6. The molecule has 0 aromatic heterocycles. The van der Waals surface area contributed by atoms with E-state index in [1.807, 2.05) is 20.8 Å². The van der Waals surface area contributed by atoms with Gasteiger partial charge in [0.2, 0.25) is 0 Å². The monoisotopic (exact) mass is 169 g/mol. The molecule has 0 saturated heterocycles. The Morgan fingerprint density at radius 1 is 1.00 bits per heavy atom. The van der Waals surface area contributed by atoms with Crippen LogP contribution in [0.3, 0.4) is 0 Å². The van der Waals surface area contributed by atoms with Crippen molar-refractivity contribution in [1.82, 2.24) is 0 Å². The van der Waals surface area contributed by atoms with Crippen LogP contribution in [-0.4, -0.2) is 13.8 Å². The summed E-state index contributed by atoms with van der Waals surface area (Å²) in [5, 5.41) is 0. The first kappa shape index (κ1) is 22.4. The molecule has 1 nitrogen and oxygen atoms in total. The molecule has 0 saturated carbocycles. The molecule has 0 spiro atoms. The molecule has 0 amide bonds. The van der Waals surface area contributed by atoms with Gasteiger partial charge in [0.25, 0.3) is 0 Å². The molecule has 0 fully saturated rings. The van der Waals surface area contributed by atoms with Crippen LogP contribution in [0.4, 0.5) is 0 Å². The molecule has 0 aromatic carbocycles. The highest BCUT2D eigenvalue weighted by Crippen LogP contribution is 1.52. The smallest absolute Gasteiger partial charge is 0.0269 e. The van der Waals surface area contributed by atoms with Gasteiger partial charge in [-0.15, -0.1) is 6.58 Å². The number of hydrogen-bond acceptors (Lipinski definition) is 1. The third kappa shape index (κ3) is 45700. The molecule has 0 aliphatic carbocycles. The fourth-order valence-corrected chi connectivity index (χ4v) is 0. The molecule has 0 heterocycles. The lowest BCUT2D eigenvalue weighted by Gasteiger charge is -1.44. The predicted molar refractivity (Wildman–Crippen MR) is 63.1 cm³/mol. The summed E-state index contributed by atoms with van der Waals surface area (Å²) in [5.41, 5.74) is 0. The van der Waals surface area contributed by atoms with Crippen LogP contribution < -0.4 is 0 Å². The Hall–Kier alpha value is -1.11. The SMILES string of the molecule is C=CC.C=CC=C.C=NC.CC. The molecule has 12 heavy (non-hydrogen) atoms. The average molecular weight is 169 g/mol. The van der Waals surface area contributed by atoms with Crippen molar-refractivity contribution in [3.63, 3.8) is 0 Å². The fraction of sp³-hybridized carbons (Fsp3) is 0.364. The van der Waals surface area contributed by atoms with Crippen molar-refractivity contribution < 1.29 is 0 Å². The summed E-state index contributed by atoms with van der Waals surface area (Å²) in [6, 6.07) is 0. The normalized spacial score (nSPS) is 4.33. The van der Waals surface area contributed by atoms with Gasteiger partial charge in [-0.2, -0.15) is 0 Å². The Morgan fingerprint density at radius 2 is 1.08 bits per heavy atom. The fourth-order valence-electron chi connectivity index (χ4n) is 0. The third-order valence-corrected chi connectivity index (χ3v) is 0.167. The Labute approximate surface area is 78.2 Å². The highest BCUT2D eigenvalue weighted by molar-refractivity contribution is 5.22. The van der Waals surface area contributed by atoms with Crippen LogP contribution in [0.1, 0.15) is 20.8 Å². The minimum Gasteiger partial charge on any atom is -0.304 e. The Morgan fingerprint density at radius 3 is 1.08 bits per heavy atom. The Bertz CT molecular complexity index is 71.0. The van der Waals surface area contributed by atoms with Crippen molar-refractivity contribution in [2.75, 3.05) is 7.05 Å². The van der Waals surface area contributed by atoms with Crippen molar-refractivity contribution in [2.24, 2.45) is 4.99 Å². The summed E-state index contributed by atoms with van der Waals surface area (Å²) in [6.45, 7) is 19.1. The maximum atomic E-state index is 3.36. The molecule has 0 aromatic rings. The van der Waals surface area contributed by atoms with E-state index in [0.29, 0.717) is 0 Å². The maximum absolute atomic E-state index is 3.36. The van der Waals surface area contributed by atoms with Crippen LogP contribution in [-0.2, 0) is 0 Å². The van der Waals surface area contributed by atoms with Crippen LogP contribution in [0, 0.1) is 0 Å². The van der Waals surface area contributed by atoms with Gasteiger partial charge in [-0.3, -0.25) is 0 Å². The average Bonchev–Trinajstić information content (AvgIpc) is 2.10. The number of aliphatic imine (C=N–C) groups is 1. The molecular weight excluding hydrogens is 146 g/mol. The van der Waals surface area contributed by atoms with Crippen molar-refractivity contribution in [2.45, 2.75) is 20.8 Å². The number of nitrogens with zero attached hydrogens (tertiary/aromatic N) is 1. The third-order valence-electron chi connectivity index (χ3n) is 0.167. The standard InChI is InChI=1S/C4H6.C3H6.C2H5N.C2H6/c1-3-4-2;2*1-3-2;1-2/h3-4H,1-2H2;3H,1H2,2H3;1H2,2H3;1-2H3. The van der Waals surface area contributed by atoms with E-state index < -0.39 is 0 Å². The minimum absolute atomic E-state index is 1.64. The number of hydrogen-bond donors (Lipinski definition) is 0. The molecule has 0 N–H and O–H groups in total. The van der Waals surface area contributed by atoms with Gasteiger partial charge in [0.05, 0.1) is 0 Å². The lowest BCUT2D eigenvalue weighted by atomic mass is 10.6. The van der Waals surface area contributed by atoms with Gasteiger partial charge >= 0.3 is 0 Å². The molecular formula is C11H23N. The van der Waals surface area contributed by atoms with Crippen LogP contribution in [0.5, 0.6) is 0 Å². The highest BCUT2D eigenvalue weighted by Gasteiger charge is 1.29. The van der Waals surface area contributed by atoms with E-state index in [1.165, 1.54) is 0 Å². The first-order valence-corrected chi connectivity index (χ1v) is 3.90. The van der Waals surface area contributed by atoms with E-state index in [9.17, 15) is 0 Å². The van der Waals surface area contributed by atoms with Gasteiger partial charge in [-0.1, -0.05) is 45.2 Å². The Balaban J connectivity index is -0.0000000368. The van der Waals surface area contributed by atoms with Gasteiger partial charge in [0.15, 0.2) is 0 Å². The van der Waals surface area contributed by atoms with Gasteiger partial charge in [0.1, 0.15) is 0 Å². The summed E-state index contributed by atoms with van der Waals surface area (Å²) < 4.78 is 0. The van der Waals surface area contributed by atoms with Crippen LogP contribution >= 0.6 is 0 Å². The van der Waals surface area contributed by atoms with E-state index >= 15 is 0 Å². The molecule has 0 atom stereocenters. The van der Waals surface area contributed by atoms with E-state index in [0.717, 1.165) is 0 Å². The minimum atomic E-state index is 1.64. The molecule has 72 valence electrons. The second-order valence-corrected chi connectivity index (χ2v) is 1.20. The topological polar surface area (TPSA) is 12.4 Å². The summed E-state index contributed by atoms with van der Waals surface area (Å²) in [5.74, 6) is 0. The molecule has 0 unspecified atom stereocenters. The zero-order valence-electron chi connectivity index (χ0n) is 9.01. The number of rotatable bonds is 1. The summed E-state index contributed by atoms with van der Waals surface area (Å²) in [4.78, 5) is 3.25. The molecule has 0 radical (unpaired) electrons. The number of allylic oxidation sites excluding steroid dienone is 3. The first-order chi connectivity index (χ1) is 5.74. The van der Waals surface area contributed by atoms with Crippen molar-refractivity contribution in [3.8, 4) is 0 Å². The van der Waals surface area contributed by atoms with Gasteiger partial charge in [-0.05, 0) is 13.6 Å². The van der Waals surface area contributed by atoms with Crippen LogP contribution in [0.25, 0.3) is 0 Å². The zero-order chi connectivity index (χ0) is 10.8.